The van der Waals surface area contributed by atoms with Crippen LogP contribution in [0.2, 0.25) is 0 Å². The molecule has 2 unspecified atom stereocenters. The lowest BCUT2D eigenvalue weighted by Crippen LogP contribution is -2.61. The molecule has 2 rings (SSSR count). The van der Waals surface area contributed by atoms with E-state index < -0.39 is 0 Å². The molecular formula is C13H25NOS. The van der Waals surface area contributed by atoms with Gasteiger partial charge in [-0.15, -0.1) is 0 Å². The highest BCUT2D eigenvalue weighted by Crippen LogP contribution is 2.45. The lowest BCUT2D eigenvalue weighted by Gasteiger charge is -2.55. The maximum atomic E-state index is 9.32. The summed E-state index contributed by atoms with van der Waals surface area (Å²) in [7, 11) is 0. The predicted octanol–water partition coefficient (Wildman–Crippen LogP) is 2.36. The van der Waals surface area contributed by atoms with Gasteiger partial charge in [-0.2, -0.15) is 11.8 Å². The Morgan fingerprint density at radius 3 is 2.38 bits per heavy atom. The van der Waals surface area contributed by atoms with Gasteiger partial charge in [0, 0.05) is 24.4 Å². The fraction of sp³-hybridized carbons (Fsp3) is 1.00. The molecule has 1 heterocycles. The molecule has 0 radical (unpaired) electrons. The van der Waals surface area contributed by atoms with Crippen molar-refractivity contribution in [3.63, 3.8) is 0 Å². The lowest BCUT2D eigenvalue weighted by molar-refractivity contribution is -0.0532. The zero-order valence-corrected chi connectivity index (χ0v) is 11.4. The van der Waals surface area contributed by atoms with Crippen molar-refractivity contribution in [1.82, 2.24) is 4.90 Å². The number of nitrogens with zero attached hydrogens (tertiary/aromatic N) is 1. The smallest absolute Gasteiger partial charge is 0.0565 e. The number of aliphatic hydroxyl groups excluding tert-OH is 1. The van der Waals surface area contributed by atoms with Gasteiger partial charge in [-0.25, -0.2) is 0 Å². The molecular weight excluding hydrogens is 218 g/mol. The van der Waals surface area contributed by atoms with Crippen LogP contribution in [-0.4, -0.2) is 47.3 Å². The first-order chi connectivity index (χ1) is 7.71. The molecule has 2 aliphatic rings. The fourth-order valence-corrected chi connectivity index (χ4v) is 4.10. The first kappa shape index (κ1) is 12.7. The topological polar surface area (TPSA) is 23.5 Å². The predicted molar refractivity (Wildman–Crippen MR) is 70.9 cm³/mol. The van der Waals surface area contributed by atoms with Crippen molar-refractivity contribution in [3.05, 3.63) is 0 Å². The summed E-state index contributed by atoms with van der Waals surface area (Å²) in [6.07, 6.45) is 9.32. The number of thioether (sulfide) groups is 1. The van der Waals surface area contributed by atoms with E-state index in [0.717, 1.165) is 0 Å². The summed E-state index contributed by atoms with van der Waals surface area (Å²) in [5, 5.41) is 9.71. The van der Waals surface area contributed by atoms with Gasteiger partial charge in [0.25, 0.3) is 0 Å². The summed E-state index contributed by atoms with van der Waals surface area (Å²) in [4.78, 5) is 2.57. The summed E-state index contributed by atoms with van der Waals surface area (Å²) in [5.74, 6) is 0. The average molecular weight is 243 g/mol. The standard InChI is InChI=1S/C13H25NOS/c1-11(12(8-15)16-2)14-9-13(10-14)6-4-3-5-7-13/h11-12,15H,3-10H2,1-2H3. The van der Waals surface area contributed by atoms with E-state index in [1.807, 2.05) is 0 Å². The molecule has 1 N–H and O–H groups in total. The molecule has 94 valence electrons. The minimum absolute atomic E-state index is 0.311. The first-order valence-electron chi connectivity index (χ1n) is 6.58. The zero-order chi connectivity index (χ0) is 11.6. The molecule has 1 saturated carbocycles. The second-order valence-corrected chi connectivity index (χ2v) is 6.74. The van der Waals surface area contributed by atoms with Crippen LogP contribution in [-0.2, 0) is 0 Å². The quantitative estimate of drug-likeness (QED) is 0.820. The summed E-state index contributed by atoms with van der Waals surface area (Å²) < 4.78 is 0. The van der Waals surface area contributed by atoms with Crippen LogP contribution in [0.3, 0.4) is 0 Å². The van der Waals surface area contributed by atoms with Gasteiger partial charge in [0.15, 0.2) is 0 Å². The fourth-order valence-electron chi connectivity index (χ4n) is 3.38. The minimum atomic E-state index is 0.311. The third kappa shape index (κ3) is 2.41. The molecule has 1 aliphatic carbocycles. The highest BCUT2D eigenvalue weighted by molar-refractivity contribution is 7.99. The molecule has 1 saturated heterocycles. The largest absolute Gasteiger partial charge is 0.395 e. The van der Waals surface area contributed by atoms with E-state index >= 15 is 0 Å². The van der Waals surface area contributed by atoms with E-state index in [1.54, 1.807) is 11.8 Å². The van der Waals surface area contributed by atoms with Gasteiger partial charge in [0.1, 0.15) is 0 Å². The molecule has 2 fully saturated rings. The second kappa shape index (κ2) is 5.28. The van der Waals surface area contributed by atoms with E-state index in [9.17, 15) is 5.11 Å². The van der Waals surface area contributed by atoms with Gasteiger partial charge in [-0.3, -0.25) is 4.90 Å². The van der Waals surface area contributed by atoms with Crippen molar-refractivity contribution in [2.45, 2.75) is 50.3 Å². The second-order valence-electron chi connectivity index (χ2n) is 5.66. The van der Waals surface area contributed by atoms with Crippen LogP contribution >= 0.6 is 11.8 Å². The van der Waals surface area contributed by atoms with Crippen molar-refractivity contribution in [2.75, 3.05) is 26.0 Å². The van der Waals surface area contributed by atoms with Gasteiger partial charge in [0.2, 0.25) is 0 Å². The van der Waals surface area contributed by atoms with Gasteiger partial charge >= 0.3 is 0 Å². The Morgan fingerprint density at radius 2 is 1.88 bits per heavy atom. The highest BCUT2D eigenvalue weighted by atomic mass is 32.2. The Labute approximate surface area is 104 Å². The van der Waals surface area contributed by atoms with Crippen LogP contribution in [0, 0.1) is 5.41 Å². The number of rotatable bonds is 4. The Bertz CT molecular complexity index is 216. The minimum Gasteiger partial charge on any atom is -0.395 e. The normalized spacial score (nSPS) is 28.7. The maximum Gasteiger partial charge on any atom is 0.0565 e. The third-order valence-corrected chi connectivity index (χ3v) is 5.74. The van der Waals surface area contributed by atoms with Crippen LogP contribution in [0.1, 0.15) is 39.0 Å². The molecule has 2 nitrogen and oxygen atoms in total. The highest BCUT2D eigenvalue weighted by Gasteiger charge is 2.45. The Hall–Kier alpha value is 0.270. The first-order valence-corrected chi connectivity index (χ1v) is 7.87. The Balaban J connectivity index is 1.82. The van der Waals surface area contributed by atoms with Crippen LogP contribution in [0.4, 0.5) is 0 Å². The molecule has 1 spiro atoms. The molecule has 1 aliphatic heterocycles. The van der Waals surface area contributed by atoms with Crippen molar-refractivity contribution in [2.24, 2.45) is 5.41 Å². The molecule has 2 atom stereocenters. The third-order valence-electron chi connectivity index (χ3n) is 4.59. The molecule has 0 aromatic heterocycles. The van der Waals surface area contributed by atoms with Gasteiger partial charge in [-0.05, 0) is 31.4 Å². The van der Waals surface area contributed by atoms with E-state index in [-0.39, 0.29) is 0 Å². The number of hydrogen-bond donors (Lipinski definition) is 1. The van der Waals surface area contributed by atoms with Crippen molar-refractivity contribution in [3.8, 4) is 0 Å². The van der Waals surface area contributed by atoms with Crippen molar-refractivity contribution >= 4 is 11.8 Å². The van der Waals surface area contributed by atoms with Gasteiger partial charge < -0.3 is 5.11 Å². The van der Waals surface area contributed by atoms with Crippen LogP contribution in [0.25, 0.3) is 0 Å². The van der Waals surface area contributed by atoms with Crippen molar-refractivity contribution in [1.29, 1.82) is 0 Å². The maximum absolute atomic E-state index is 9.32. The van der Waals surface area contributed by atoms with Gasteiger partial charge in [-0.1, -0.05) is 19.3 Å². The molecule has 0 amide bonds. The van der Waals surface area contributed by atoms with Gasteiger partial charge in [0.05, 0.1) is 6.61 Å². The number of aliphatic hydroxyl groups is 1. The van der Waals surface area contributed by atoms with Crippen molar-refractivity contribution < 1.29 is 5.11 Å². The molecule has 0 aromatic rings. The molecule has 16 heavy (non-hydrogen) atoms. The van der Waals surface area contributed by atoms with E-state index in [0.29, 0.717) is 23.3 Å². The average Bonchev–Trinajstić information content (AvgIpc) is 2.28. The van der Waals surface area contributed by atoms with Crippen LogP contribution < -0.4 is 0 Å². The number of likely N-dealkylation sites (tertiary alicyclic amines) is 1. The summed E-state index contributed by atoms with van der Waals surface area (Å²) in [6.45, 7) is 5.15. The summed E-state index contributed by atoms with van der Waals surface area (Å²) >= 11 is 1.80. The zero-order valence-electron chi connectivity index (χ0n) is 10.6. The van der Waals surface area contributed by atoms with Crippen LogP contribution in [0.15, 0.2) is 0 Å². The molecule has 0 aromatic carbocycles. The SMILES string of the molecule is CSC(CO)C(C)N1CC2(CCCCC2)C1. The summed E-state index contributed by atoms with van der Waals surface area (Å²) in [5.41, 5.74) is 0.672. The Kier molecular flexibility index (Phi) is 4.20. The van der Waals surface area contributed by atoms with E-state index in [2.05, 4.69) is 18.1 Å². The summed E-state index contributed by atoms with van der Waals surface area (Å²) in [6, 6.07) is 0.535. The molecule has 0 bridgehead atoms. The van der Waals surface area contributed by atoms with E-state index in [4.69, 9.17) is 0 Å². The molecule has 3 heteroatoms. The lowest BCUT2D eigenvalue weighted by atomic mass is 9.68. The van der Waals surface area contributed by atoms with E-state index in [1.165, 1.54) is 45.2 Å². The monoisotopic (exact) mass is 243 g/mol. The Morgan fingerprint density at radius 1 is 1.25 bits per heavy atom. The van der Waals surface area contributed by atoms with Crippen LogP contribution in [0.5, 0.6) is 0 Å². The number of hydrogen-bond acceptors (Lipinski definition) is 3.